The molecule has 0 amide bonds. The molecular weight excluding hydrogens is 194 g/mol. The first kappa shape index (κ1) is 9.84. The van der Waals surface area contributed by atoms with E-state index in [4.69, 9.17) is 0 Å². The maximum absolute atomic E-state index is 13.5. The normalized spacial score (nSPS) is 10.3. The van der Waals surface area contributed by atoms with Crippen LogP contribution in [0, 0.1) is 18.6 Å². The summed E-state index contributed by atoms with van der Waals surface area (Å²) in [5, 5.41) is 0. The van der Waals surface area contributed by atoms with Crippen molar-refractivity contribution in [1.82, 2.24) is 0 Å². The maximum Gasteiger partial charge on any atom is 0.131 e. The van der Waals surface area contributed by atoms with Crippen LogP contribution in [0.3, 0.4) is 0 Å². The van der Waals surface area contributed by atoms with Crippen molar-refractivity contribution in [2.45, 2.75) is 6.92 Å². The van der Waals surface area contributed by atoms with Gasteiger partial charge in [0.1, 0.15) is 11.6 Å². The monoisotopic (exact) mass is 204 g/mol. The standard InChI is InChI=1S/C13H10F2/c1-9-8-10(14)6-7-11(9)12-4-2-3-5-13(12)15/h2-8H,1H3. The molecule has 0 aliphatic rings. The van der Waals surface area contributed by atoms with Crippen LogP contribution in [0.2, 0.25) is 0 Å². The molecule has 0 nitrogen and oxygen atoms in total. The predicted molar refractivity (Wildman–Crippen MR) is 56.5 cm³/mol. The fourth-order valence-electron chi connectivity index (χ4n) is 1.61. The Balaban J connectivity index is 2.60. The average Bonchev–Trinajstić information content (AvgIpc) is 2.20. The van der Waals surface area contributed by atoms with Crippen molar-refractivity contribution in [3.8, 4) is 11.1 Å². The Morgan fingerprint density at radius 2 is 1.60 bits per heavy atom. The molecule has 0 saturated heterocycles. The first-order valence-electron chi connectivity index (χ1n) is 4.69. The summed E-state index contributed by atoms with van der Waals surface area (Å²) >= 11 is 0. The molecule has 2 rings (SSSR count). The summed E-state index contributed by atoms with van der Waals surface area (Å²) in [5.74, 6) is -0.584. The highest BCUT2D eigenvalue weighted by atomic mass is 19.1. The Labute approximate surface area is 87.2 Å². The third-order valence-corrected chi connectivity index (χ3v) is 2.35. The Kier molecular flexibility index (Phi) is 2.50. The van der Waals surface area contributed by atoms with E-state index in [0.29, 0.717) is 5.56 Å². The van der Waals surface area contributed by atoms with Crippen molar-refractivity contribution in [3.63, 3.8) is 0 Å². The van der Waals surface area contributed by atoms with Gasteiger partial charge in [0.15, 0.2) is 0 Å². The minimum absolute atomic E-state index is 0.285. The Bertz CT molecular complexity index is 490. The summed E-state index contributed by atoms with van der Waals surface area (Å²) in [6.07, 6.45) is 0. The summed E-state index contributed by atoms with van der Waals surface area (Å²) < 4.78 is 26.3. The average molecular weight is 204 g/mol. The number of benzene rings is 2. The second kappa shape index (κ2) is 3.81. The van der Waals surface area contributed by atoms with Gasteiger partial charge < -0.3 is 0 Å². The van der Waals surface area contributed by atoms with Crippen LogP contribution in [0.15, 0.2) is 42.5 Å². The number of halogens is 2. The van der Waals surface area contributed by atoms with Gasteiger partial charge >= 0.3 is 0 Å². The van der Waals surface area contributed by atoms with Crippen molar-refractivity contribution in [2.24, 2.45) is 0 Å². The van der Waals surface area contributed by atoms with Gasteiger partial charge in [-0.05, 0) is 36.2 Å². The smallest absolute Gasteiger partial charge is 0.131 e. The van der Waals surface area contributed by atoms with E-state index in [1.165, 1.54) is 18.2 Å². The SMILES string of the molecule is Cc1cc(F)ccc1-c1ccccc1F. The molecule has 0 saturated carbocycles. The van der Waals surface area contributed by atoms with Crippen molar-refractivity contribution < 1.29 is 8.78 Å². The van der Waals surface area contributed by atoms with E-state index in [2.05, 4.69) is 0 Å². The van der Waals surface area contributed by atoms with E-state index in [1.54, 1.807) is 31.2 Å². The molecule has 0 atom stereocenters. The highest BCUT2D eigenvalue weighted by molar-refractivity contribution is 5.67. The molecule has 0 heterocycles. The fraction of sp³-hybridized carbons (Fsp3) is 0.0769. The Morgan fingerprint density at radius 3 is 2.27 bits per heavy atom. The molecule has 2 aromatic rings. The molecule has 0 radical (unpaired) electrons. The lowest BCUT2D eigenvalue weighted by atomic mass is 10.0. The van der Waals surface area contributed by atoms with E-state index in [0.717, 1.165) is 11.1 Å². The van der Waals surface area contributed by atoms with E-state index in [1.807, 2.05) is 0 Å². The molecule has 2 aromatic carbocycles. The van der Waals surface area contributed by atoms with Gasteiger partial charge in [-0.1, -0.05) is 24.3 Å². The molecule has 0 bridgehead atoms. The Morgan fingerprint density at radius 1 is 0.867 bits per heavy atom. The van der Waals surface area contributed by atoms with Gasteiger partial charge in [-0.2, -0.15) is 0 Å². The van der Waals surface area contributed by atoms with E-state index >= 15 is 0 Å². The van der Waals surface area contributed by atoms with Crippen LogP contribution in [0.1, 0.15) is 5.56 Å². The van der Waals surface area contributed by atoms with Crippen LogP contribution in [0.5, 0.6) is 0 Å². The summed E-state index contributed by atoms with van der Waals surface area (Å²) in [6.45, 7) is 1.77. The third-order valence-electron chi connectivity index (χ3n) is 2.35. The lowest BCUT2D eigenvalue weighted by Gasteiger charge is -2.06. The van der Waals surface area contributed by atoms with Crippen LogP contribution in [0.25, 0.3) is 11.1 Å². The van der Waals surface area contributed by atoms with E-state index in [9.17, 15) is 8.78 Å². The number of hydrogen-bond acceptors (Lipinski definition) is 0. The molecular formula is C13H10F2. The second-order valence-corrected chi connectivity index (χ2v) is 3.44. The predicted octanol–water partition coefficient (Wildman–Crippen LogP) is 3.94. The van der Waals surface area contributed by atoms with Gasteiger partial charge in [-0.25, -0.2) is 8.78 Å². The zero-order chi connectivity index (χ0) is 10.8. The fourth-order valence-corrected chi connectivity index (χ4v) is 1.61. The molecule has 0 unspecified atom stereocenters. The van der Waals surface area contributed by atoms with Gasteiger partial charge in [0.25, 0.3) is 0 Å². The van der Waals surface area contributed by atoms with Crippen LogP contribution in [0.4, 0.5) is 8.78 Å². The summed E-state index contributed by atoms with van der Waals surface area (Å²) in [6, 6.07) is 10.8. The molecule has 0 aromatic heterocycles. The number of hydrogen-bond donors (Lipinski definition) is 0. The van der Waals surface area contributed by atoms with E-state index in [-0.39, 0.29) is 11.6 Å². The lowest BCUT2D eigenvalue weighted by Crippen LogP contribution is -1.88. The minimum atomic E-state index is -0.299. The number of rotatable bonds is 1. The first-order chi connectivity index (χ1) is 7.18. The van der Waals surface area contributed by atoms with Crippen molar-refractivity contribution in [1.29, 1.82) is 0 Å². The summed E-state index contributed by atoms with van der Waals surface area (Å²) in [4.78, 5) is 0. The van der Waals surface area contributed by atoms with Crippen LogP contribution >= 0.6 is 0 Å². The second-order valence-electron chi connectivity index (χ2n) is 3.44. The van der Waals surface area contributed by atoms with Gasteiger partial charge in [-0.3, -0.25) is 0 Å². The molecule has 0 spiro atoms. The van der Waals surface area contributed by atoms with Crippen LogP contribution in [-0.2, 0) is 0 Å². The summed E-state index contributed by atoms with van der Waals surface area (Å²) in [7, 11) is 0. The third kappa shape index (κ3) is 1.89. The van der Waals surface area contributed by atoms with Gasteiger partial charge in [0, 0.05) is 5.56 Å². The minimum Gasteiger partial charge on any atom is -0.207 e. The quantitative estimate of drug-likeness (QED) is 0.660. The van der Waals surface area contributed by atoms with E-state index < -0.39 is 0 Å². The summed E-state index contributed by atoms with van der Waals surface area (Å²) in [5.41, 5.74) is 1.98. The van der Waals surface area contributed by atoms with Gasteiger partial charge in [0.05, 0.1) is 0 Å². The van der Waals surface area contributed by atoms with Crippen LogP contribution in [-0.4, -0.2) is 0 Å². The topological polar surface area (TPSA) is 0 Å². The van der Waals surface area contributed by atoms with Crippen LogP contribution < -0.4 is 0 Å². The molecule has 0 aliphatic heterocycles. The molecule has 76 valence electrons. The van der Waals surface area contributed by atoms with Crippen molar-refractivity contribution in [3.05, 3.63) is 59.7 Å². The van der Waals surface area contributed by atoms with Crippen molar-refractivity contribution in [2.75, 3.05) is 0 Å². The molecule has 0 aliphatic carbocycles. The van der Waals surface area contributed by atoms with Crippen molar-refractivity contribution >= 4 is 0 Å². The molecule has 0 N–H and O–H groups in total. The largest absolute Gasteiger partial charge is 0.207 e. The molecule has 15 heavy (non-hydrogen) atoms. The molecule has 0 fully saturated rings. The first-order valence-corrected chi connectivity index (χ1v) is 4.69. The Hall–Kier alpha value is -1.70. The molecule has 2 heteroatoms. The highest BCUT2D eigenvalue weighted by Gasteiger charge is 2.06. The van der Waals surface area contributed by atoms with Gasteiger partial charge in [0.2, 0.25) is 0 Å². The highest BCUT2D eigenvalue weighted by Crippen LogP contribution is 2.26. The lowest BCUT2D eigenvalue weighted by molar-refractivity contribution is 0.624. The zero-order valence-corrected chi connectivity index (χ0v) is 8.30. The maximum atomic E-state index is 13.5. The number of aryl methyl sites for hydroxylation is 1. The zero-order valence-electron chi connectivity index (χ0n) is 8.30. The van der Waals surface area contributed by atoms with Gasteiger partial charge in [-0.15, -0.1) is 0 Å².